The maximum Gasteiger partial charge on any atom is 0.221 e. The van der Waals surface area contributed by atoms with Gasteiger partial charge in [0, 0.05) is 13.0 Å². The van der Waals surface area contributed by atoms with E-state index in [1.165, 1.54) is 25.6 Å². The zero-order valence-electron chi connectivity index (χ0n) is 13.2. The van der Waals surface area contributed by atoms with Crippen molar-refractivity contribution >= 4 is 5.91 Å². The SMILES string of the molecule is O=C(CCn1cncn1)NC[C@@H](c1ccco1)N1CCCCC1. The Labute approximate surface area is 135 Å². The first-order chi connectivity index (χ1) is 11.3. The molecule has 124 valence electrons. The third kappa shape index (κ3) is 4.41. The summed E-state index contributed by atoms with van der Waals surface area (Å²) in [5.74, 6) is 0.942. The Morgan fingerprint density at radius 3 is 2.91 bits per heavy atom. The number of rotatable bonds is 7. The number of hydrogen-bond acceptors (Lipinski definition) is 5. The molecule has 1 saturated heterocycles. The summed E-state index contributed by atoms with van der Waals surface area (Å²) in [7, 11) is 0. The summed E-state index contributed by atoms with van der Waals surface area (Å²) in [4.78, 5) is 18.3. The van der Waals surface area contributed by atoms with Crippen molar-refractivity contribution in [2.75, 3.05) is 19.6 Å². The highest BCUT2D eigenvalue weighted by Gasteiger charge is 2.24. The van der Waals surface area contributed by atoms with Gasteiger partial charge in [0.2, 0.25) is 5.91 Å². The number of likely N-dealkylation sites (tertiary alicyclic amines) is 1. The number of furan rings is 1. The quantitative estimate of drug-likeness (QED) is 0.839. The number of carbonyl (C=O) groups excluding carboxylic acids is 1. The van der Waals surface area contributed by atoms with Gasteiger partial charge in [0.05, 0.1) is 18.8 Å². The summed E-state index contributed by atoms with van der Waals surface area (Å²) in [6.07, 6.45) is 8.88. The maximum atomic E-state index is 12.1. The Hall–Kier alpha value is -2.15. The summed E-state index contributed by atoms with van der Waals surface area (Å²) in [5, 5.41) is 7.03. The van der Waals surface area contributed by atoms with Crippen LogP contribution in [0.5, 0.6) is 0 Å². The highest BCUT2D eigenvalue weighted by atomic mass is 16.3. The van der Waals surface area contributed by atoms with Crippen LogP contribution in [0.15, 0.2) is 35.5 Å². The molecule has 0 aromatic carbocycles. The van der Waals surface area contributed by atoms with E-state index in [9.17, 15) is 4.79 Å². The van der Waals surface area contributed by atoms with Gasteiger partial charge in [-0.3, -0.25) is 14.4 Å². The minimum Gasteiger partial charge on any atom is -0.468 e. The van der Waals surface area contributed by atoms with Gasteiger partial charge in [0.15, 0.2) is 0 Å². The molecule has 0 unspecified atom stereocenters. The minimum absolute atomic E-state index is 0.0223. The van der Waals surface area contributed by atoms with E-state index in [4.69, 9.17) is 4.42 Å². The van der Waals surface area contributed by atoms with Crippen LogP contribution in [0.4, 0.5) is 0 Å². The predicted octanol–water partition coefficient (Wildman–Crippen LogP) is 1.60. The molecule has 0 radical (unpaired) electrons. The van der Waals surface area contributed by atoms with Crippen LogP contribution in [0, 0.1) is 0 Å². The van der Waals surface area contributed by atoms with Gasteiger partial charge in [0.1, 0.15) is 18.4 Å². The lowest BCUT2D eigenvalue weighted by molar-refractivity contribution is -0.121. The van der Waals surface area contributed by atoms with E-state index in [-0.39, 0.29) is 11.9 Å². The first-order valence-corrected chi connectivity index (χ1v) is 8.19. The molecule has 1 aliphatic heterocycles. The normalized spacial score (nSPS) is 17.0. The zero-order valence-corrected chi connectivity index (χ0v) is 13.2. The van der Waals surface area contributed by atoms with Crippen LogP contribution in [-0.4, -0.2) is 45.2 Å². The fourth-order valence-electron chi connectivity index (χ4n) is 2.98. The molecule has 23 heavy (non-hydrogen) atoms. The van der Waals surface area contributed by atoms with E-state index in [0.717, 1.165) is 18.8 Å². The molecule has 0 aliphatic carbocycles. The Morgan fingerprint density at radius 1 is 1.35 bits per heavy atom. The van der Waals surface area contributed by atoms with Crippen LogP contribution in [0.3, 0.4) is 0 Å². The molecule has 3 rings (SSSR count). The van der Waals surface area contributed by atoms with Gasteiger partial charge in [0.25, 0.3) is 0 Å². The molecule has 3 heterocycles. The molecule has 2 aromatic heterocycles. The van der Waals surface area contributed by atoms with E-state index in [1.807, 2.05) is 12.1 Å². The lowest BCUT2D eigenvalue weighted by Gasteiger charge is -2.33. The monoisotopic (exact) mass is 317 g/mol. The van der Waals surface area contributed by atoms with Gasteiger partial charge < -0.3 is 9.73 Å². The van der Waals surface area contributed by atoms with Gasteiger partial charge in [-0.15, -0.1) is 0 Å². The van der Waals surface area contributed by atoms with Crippen molar-refractivity contribution in [1.82, 2.24) is 25.0 Å². The minimum atomic E-state index is 0.0223. The number of piperidine rings is 1. The van der Waals surface area contributed by atoms with Crippen molar-refractivity contribution in [3.63, 3.8) is 0 Å². The molecule has 1 aliphatic rings. The molecule has 1 N–H and O–H groups in total. The van der Waals surface area contributed by atoms with Crippen LogP contribution < -0.4 is 5.32 Å². The van der Waals surface area contributed by atoms with Crippen molar-refractivity contribution in [3.8, 4) is 0 Å². The first kappa shape index (κ1) is 15.7. The number of aryl methyl sites for hydroxylation is 1. The van der Waals surface area contributed by atoms with Crippen LogP contribution in [-0.2, 0) is 11.3 Å². The molecule has 1 amide bonds. The molecular formula is C16H23N5O2. The Morgan fingerprint density at radius 2 is 2.22 bits per heavy atom. The van der Waals surface area contributed by atoms with Crippen LogP contribution in [0.2, 0.25) is 0 Å². The van der Waals surface area contributed by atoms with E-state index in [0.29, 0.717) is 19.5 Å². The lowest BCUT2D eigenvalue weighted by atomic mass is 10.1. The molecule has 0 saturated carbocycles. The van der Waals surface area contributed by atoms with Crippen molar-refractivity contribution in [2.45, 2.75) is 38.3 Å². The van der Waals surface area contributed by atoms with Gasteiger partial charge in [-0.1, -0.05) is 6.42 Å². The average Bonchev–Trinajstić information content (AvgIpc) is 3.28. The van der Waals surface area contributed by atoms with Gasteiger partial charge in [-0.2, -0.15) is 5.10 Å². The summed E-state index contributed by atoms with van der Waals surface area (Å²) in [6.45, 7) is 3.23. The Kier molecular flexibility index (Phi) is 5.42. The second-order valence-electron chi connectivity index (χ2n) is 5.84. The van der Waals surface area contributed by atoms with E-state index in [1.54, 1.807) is 17.3 Å². The van der Waals surface area contributed by atoms with Crippen molar-refractivity contribution in [3.05, 3.63) is 36.8 Å². The molecule has 0 bridgehead atoms. The third-order valence-corrected chi connectivity index (χ3v) is 4.23. The molecular weight excluding hydrogens is 294 g/mol. The molecule has 1 fully saturated rings. The predicted molar refractivity (Wildman–Crippen MR) is 84.5 cm³/mol. The maximum absolute atomic E-state index is 12.1. The van der Waals surface area contributed by atoms with E-state index >= 15 is 0 Å². The number of hydrogen-bond donors (Lipinski definition) is 1. The number of carbonyl (C=O) groups is 1. The fraction of sp³-hybridized carbons (Fsp3) is 0.562. The van der Waals surface area contributed by atoms with E-state index < -0.39 is 0 Å². The highest BCUT2D eigenvalue weighted by Crippen LogP contribution is 2.24. The number of amides is 1. The van der Waals surface area contributed by atoms with Crippen molar-refractivity contribution in [2.24, 2.45) is 0 Å². The standard InChI is InChI=1S/C16H23N5O2/c22-16(6-9-21-13-17-12-19-21)18-11-14(15-5-4-10-23-15)20-7-2-1-3-8-20/h4-5,10,12-14H,1-3,6-9,11H2,(H,18,22)/t14-/m0/s1. The highest BCUT2D eigenvalue weighted by molar-refractivity contribution is 5.75. The summed E-state index contributed by atoms with van der Waals surface area (Å²) < 4.78 is 7.25. The van der Waals surface area contributed by atoms with Crippen LogP contribution in [0.25, 0.3) is 0 Å². The molecule has 0 spiro atoms. The molecule has 7 heteroatoms. The van der Waals surface area contributed by atoms with Gasteiger partial charge >= 0.3 is 0 Å². The summed E-state index contributed by atoms with van der Waals surface area (Å²) >= 11 is 0. The second-order valence-corrected chi connectivity index (χ2v) is 5.84. The van der Waals surface area contributed by atoms with Crippen molar-refractivity contribution in [1.29, 1.82) is 0 Å². The molecule has 7 nitrogen and oxygen atoms in total. The van der Waals surface area contributed by atoms with Crippen LogP contribution in [0.1, 0.15) is 37.5 Å². The van der Waals surface area contributed by atoms with Crippen molar-refractivity contribution < 1.29 is 9.21 Å². The molecule has 1 atom stereocenters. The van der Waals surface area contributed by atoms with Gasteiger partial charge in [-0.05, 0) is 38.1 Å². The lowest BCUT2D eigenvalue weighted by Crippen LogP contribution is -2.40. The van der Waals surface area contributed by atoms with Gasteiger partial charge in [-0.25, -0.2) is 4.98 Å². The zero-order chi connectivity index (χ0) is 15.9. The second kappa shape index (κ2) is 7.92. The summed E-state index contributed by atoms with van der Waals surface area (Å²) in [5.41, 5.74) is 0. The number of aromatic nitrogens is 3. The Balaban J connectivity index is 1.52. The van der Waals surface area contributed by atoms with E-state index in [2.05, 4.69) is 20.3 Å². The van der Waals surface area contributed by atoms with Crippen LogP contribution >= 0.6 is 0 Å². The first-order valence-electron chi connectivity index (χ1n) is 8.19. The largest absolute Gasteiger partial charge is 0.468 e. The topological polar surface area (TPSA) is 76.2 Å². The molecule has 2 aromatic rings. The smallest absolute Gasteiger partial charge is 0.221 e. The average molecular weight is 317 g/mol. The number of nitrogens with one attached hydrogen (secondary N) is 1. The third-order valence-electron chi connectivity index (χ3n) is 4.23. The number of nitrogens with zero attached hydrogens (tertiary/aromatic N) is 4. The summed E-state index contributed by atoms with van der Waals surface area (Å²) in [6, 6.07) is 4.00. The Bertz CT molecular complexity index is 576. The fourth-order valence-corrected chi connectivity index (χ4v) is 2.98.